The molecule has 0 unspecified atom stereocenters. The first kappa shape index (κ1) is 17.0. The first-order valence-electron chi connectivity index (χ1n) is 8.86. The number of carbonyl (C=O) groups is 1. The number of anilines is 1. The van der Waals surface area contributed by atoms with E-state index < -0.39 is 0 Å². The zero-order valence-corrected chi connectivity index (χ0v) is 15.4. The van der Waals surface area contributed by atoms with Gasteiger partial charge in [-0.05, 0) is 44.7 Å². The van der Waals surface area contributed by atoms with Gasteiger partial charge in [0.2, 0.25) is 5.91 Å². The van der Waals surface area contributed by atoms with Crippen molar-refractivity contribution < 1.29 is 9.21 Å². The third-order valence-corrected chi connectivity index (χ3v) is 5.54. The third-order valence-electron chi connectivity index (χ3n) is 4.70. The molecule has 7 nitrogen and oxygen atoms in total. The van der Waals surface area contributed by atoms with Gasteiger partial charge in [-0.25, -0.2) is 0 Å². The fourth-order valence-electron chi connectivity index (χ4n) is 3.32. The zero-order valence-electron chi connectivity index (χ0n) is 14.6. The van der Waals surface area contributed by atoms with Crippen molar-refractivity contribution in [2.45, 2.75) is 45.2 Å². The Morgan fingerprint density at radius 1 is 1.23 bits per heavy atom. The molecule has 8 heteroatoms. The molecule has 0 radical (unpaired) electrons. The van der Waals surface area contributed by atoms with E-state index in [4.69, 9.17) is 4.42 Å². The Morgan fingerprint density at radius 3 is 2.77 bits per heavy atom. The van der Waals surface area contributed by atoms with Gasteiger partial charge in [0.05, 0.1) is 6.54 Å². The summed E-state index contributed by atoms with van der Waals surface area (Å²) in [5.74, 6) is 0.170. The zero-order chi connectivity index (χ0) is 17.9. The molecule has 1 aromatic carbocycles. The molecular formula is C18H21N5O2S. The minimum Gasteiger partial charge on any atom is -0.424 e. The highest BCUT2D eigenvalue weighted by molar-refractivity contribution is 7.11. The maximum atomic E-state index is 12.4. The first-order chi connectivity index (χ1) is 12.7. The van der Waals surface area contributed by atoms with Crippen LogP contribution in [0.2, 0.25) is 0 Å². The molecule has 0 saturated heterocycles. The van der Waals surface area contributed by atoms with Crippen LogP contribution in [-0.2, 0) is 11.3 Å². The smallest absolute Gasteiger partial charge is 0.295 e. The Kier molecular flexibility index (Phi) is 4.83. The van der Waals surface area contributed by atoms with Crippen LogP contribution in [0, 0.1) is 12.8 Å². The maximum Gasteiger partial charge on any atom is 0.295 e. The van der Waals surface area contributed by atoms with Crippen molar-refractivity contribution >= 4 is 34.4 Å². The summed E-state index contributed by atoms with van der Waals surface area (Å²) in [5, 5.41) is 16.1. The summed E-state index contributed by atoms with van der Waals surface area (Å²) in [6.45, 7) is 2.37. The second-order valence-corrected chi connectivity index (χ2v) is 7.88. The molecule has 0 spiro atoms. The van der Waals surface area contributed by atoms with Gasteiger partial charge in [-0.3, -0.25) is 4.79 Å². The molecule has 0 bridgehead atoms. The summed E-state index contributed by atoms with van der Waals surface area (Å²) in [5.41, 5.74) is 1.64. The molecule has 1 aliphatic rings. The first-order valence-corrected chi connectivity index (χ1v) is 9.68. The van der Waals surface area contributed by atoms with E-state index in [-0.39, 0.29) is 17.9 Å². The van der Waals surface area contributed by atoms with Gasteiger partial charge in [-0.2, -0.15) is 4.98 Å². The van der Waals surface area contributed by atoms with Crippen molar-refractivity contribution in [3.8, 4) is 0 Å². The number of para-hydroxylation sites is 2. The lowest BCUT2D eigenvalue weighted by Gasteiger charge is -2.27. The van der Waals surface area contributed by atoms with E-state index >= 15 is 0 Å². The van der Waals surface area contributed by atoms with Crippen LogP contribution in [0.25, 0.3) is 11.1 Å². The van der Waals surface area contributed by atoms with E-state index in [2.05, 4.69) is 25.8 Å². The molecule has 1 fully saturated rings. The second-order valence-electron chi connectivity index (χ2n) is 6.61. The molecule has 0 atom stereocenters. The van der Waals surface area contributed by atoms with Crippen LogP contribution in [0.15, 0.2) is 28.7 Å². The Bertz CT molecular complexity index is 865. The largest absolute Gasteiger partial charge is 0.424 e. The van der Waals surface area contributed by atoms with Crippen LogP contribution in [0.5, 0.6) is 0 Å². The number of benzene rings is 1. The van der Waals surface area contributed by atoms with E-state index in [1.807, 2.05) is 31.2 Å². The van der Waals surface area contributed by atoms with Crippen molar-refractivity contribution in [3.63, 3.8) is 0 Å². The Hall–Kier alpha value is -2.48. The average molecular weight is 371 g/mol. The highest BCUT2D eigenvalue weighted by atomic mass is 32.1. The fourth-order valence-corrected chi connectivity index (χ4v) is 3.97. The predicted octanol–water partition coefficient (Wildman–Crippen LogP) is 3.27. The van der Waals surface area contributed by atoms with E-state index in [1.54, 1.807) is 0 Å². The fraction of sp³-hybridized carbons (Fsp3) is 0.444. The number of nitrogens with zero attached hydrogens (tertiary/aromatic N) is 3. The minimum absolute atomic E-state index is 0.0608. The average Bonchev–Trinajstić information content (AvgIpc) is 3.25. The van der Waals surface area contributed by atoms with E-state index in [0.717, 1.165) is 46.8 Å². The lowest BCUT2D eigenvalue weighted by atomic mass is 9.85. The van der Waals surface area contributed by atoms with E-state index in [9.17, 15) is 4.79 Å². The maximum absolute atomic E-state index is 12.4. The van der Waals surface area contributed by atoms with Crippen molar-refractivity contribution in [2.75, 3.05) is 5.32 Å². The van der Waals surface area contributed by atoms with Crippen LogP contribution in [0.4, 0.5) is 6.01 Å². The quantitative estimate of drug-likeness (QED) is 0.715. The summed E-state index contributed by atoms with van der Waals surface area (Å²) in [4.78, 5) is 16.8. The predicted molar refractivity (Wildman–Crippen MR) is 99.9 cm³/mol. The molecule has 1 amide bonds. The van der Waals surface area contributed by atoms with E-state index in [1.165, 1.54) is 11.3 Å². The standard InChI is InChI=1S/C18H21N5O2S/c1-11-22-23-16(26-11)10-19-17(24)12-6-8-13(9-7-12)20-18-21-14-4-2-3-5-15(14)25-18/h2-5,12-13H,6-10H2,1H3,(H,19,24)(H,20,21). The molecule has 26 heavy (non-hydrogen) atoms. The second kappa shape index (κ2) is 7.41. The third kappa shape index (κ3) is 3.85. The van der Waals surface area contributed by atoms with Crippen LogP contribution in [-0.4, -0.2) is 27.1 Å². The molecule has 1 saturated carbocycles. The molecule has 1 aliphatic carbocycles. The topological polar surface area (TPSA) is 92.9 Å². The molecular weight excluding hydrogens is 350 g/mol. The van der Waals surface area contributed by atoms with Gasteiger partial charge in [0.15, 0.2) is 5.58 Å². The molecule has 4 rings (SSSR count). The van der Waals surface area contributed by atoms with Crippen molar-refractivity contribution in [2.24, 2.45) is 5.92 Å². The number of aromatic nitrogens is 3. The lowest BCUT2D eigenvalue weighted by Crippen LogP contribution is -2.35. The van der Waals surface area contributed by atoms with E-state index in [0.29, 0.717) is 12.6 Å². The van der Waals surface area contributed by atoms with Crippen LogP contribution in [0.1, 0.15) is 35.7 Å². The number of hydrogen-bond donors (Lipinski definition) is 2. The SMILES string of the molecule is Cc1nnc(CNC(=O)C2CCC(Nc3nc4ccccc4o3)CC2)s1. The molecule has 2 heterocycles. The summed E-state index contributed by atoms with van der Waals surface area (Å²) in [6, 6.07) is 8.58. The molecule has 2 aromatic heterocycles. The monoisotopic (exact) mass is 371 g/mol. The highest BCUT2D eigenvalue weighted by Crippen LogP contribution is 2.28. The van der Waals surface area contributed by atoms with Gasteiger partial charge >= 0.3 is 0 Å². The lowest BCUT2D eigenvalue weighted by molar-refractivity contribution is -0.126. The number of oxazole rings is 1. The van der Waals surface area contributed by atoms with Gasteiger partial charge in [0.25, 0.3) is 6.01 Å². The highest BCUT2D eigenvalue weighted by Gasteiger charge is 2.27. The summed E-state index contributed by atoms with van der Waals surface area (Å²) in [7, 11) is 0. The van der Waals surface area contributed by atoms with Gasteiger partial charge < -0.3 is 15.1 Å². The summed E-state index contributed by atoms with van der Waals surface area (Å²) >= 11 is 1.52. The normalized spacial score (nSPS) is 20.2. The summed E-state index contributed by atoms with van der Waals surface area (Å²) < 4.78 is 5.72. The number of hydrogen-bond acceptors (Lipinski definition) is 7. The van der Waals surface area contributed by atoms with Crippen molar-refractivity contribution in [3.05, 3.63) is 34.3 Å². The van der Waals surface area contributed by atoms with Crippen molar-refractivity contribution in [1.82, 2.24) is 20.5 Å². The molecule has 136 valence electrons. The molecule has 3 aromatic rings. The van der Waals surface area contributed by atoms with Gasteiger partial charge in [-0.15, -0.1) is 10.2 Å². The van der Waals surface area contributed by atoms with Crippen LogP contribution in [0.3, 0.4) is 0 Å². The Labute approximate surface area is 155 Å². The van der Waals surface area contributed by atoms with Crippen molar-refractivity contribution in [1.29, 1.82) is 0 Å². The number of nitrogens with one attached hydrogen (secondary N) is 2. The van der Waals surface area contributed by atoms with Crippen LogP contribution < -0.4 is 10.6 Å². The molecule has 0 aliphatic heterocycles. The number of fused-ring (bicyclic) bond motifs is 1. The van der Waals surface area contributed by atoms with Crippen LogP contribution >= 0.6 is 11.3 Å². The Morgan fingerprint density at radius 2 is 2.04 bits per heavy atom. The Balaban J connectivity index is 1.26. The van der Waals surface area contributed by atoms with Gasteiger partial charge in [0.1, 0.15) is 15.5 Å². The number of rotatable bonds is 5. The number of aryl methyl sites for hydroxylation is 1. The van der Waals surface area contributed by atoms with Gasteiger partial charge in [-0.1, -0.05) is 23.5 Å². The minimum atomic E-state index is 0.0608. The van der Waals surface area contributed by atoms with Gasteiger partial charge in [0, 0.05) is 12.0 Å². The number of amides is 1. The summed E-state index contributed by atoms with van der Waals surface area (Å²) in [6.07, 6.45) is 3.57. The number of carbonyl (C=O) groups excluding carboxylic acids is 1. The molecule has 2 N–H and O–H groups in total.